The Morgan fingerprint density at radius 2 is 1.76 bits per heavy atom. The fourth-order valence-corrected chi connectivity index (χ4v) is 2.82. The number of carbonyl (C=O) groups excluding carboxylic acids is 2. The van der Waals surface area contributed by atoms with Gasteiger partial charge >= 0.3 is 5.97 Å². The van der Waals surface area contributed by atoms with Crippen molar-refractivity contribution in [1.82, 2.24) is 24.5 Å². The van der Waals surface area contributed by atoms with Gasteiger partial charge in [0.15, 0.2) is 6.61 Å². The van der Waals surface area contributed by atoms with E-state index in [0.29, 0.717) is 12.3 Å². The number of aryl methyl sites for hydroxylation is 2. The van der Waals surface area contributed by atoms with E-state index in [-0.39, 0.29) is 18.3 Å². The van der Waals surface area contributed by atoms with Gasteiger partial charge in [0.2, 0.25) is 0 Å². The lowest BCUT2D eigenvalue weighted by atomic mass is 10.2. The third-order valence-corrected chi connectivity index (χ3v) is 4.43. The van der Waals surface area contributed by atoms with E-state index in [1.807, 2.05) is 63.2 Å². The Morgan fingerprint density at radius 3 is 2.41 bits per heavy atom. The maximum Gasteiger partial charge on any atom is 0.378 e. The summed E-state index contributed by atoms with van der Waals surface area (Å²) >= 11 is 0. The van der Waals surface area contributed by atoms with Crippen LogP contribution in [0, 0.1) is 13.8 Å². The molecule has 0 bridgehead atoms. The molecular formula is C20H24N6O3. The van der Waals surface area contributed by atoms with Crippen LogP contribution in [0.5, 0.6) is 0 Å². The predicted molar refractivity (Wildman–Crippen MR) is 108 cm³/mol. The van der Waals surface area contributed by atoms with Crippen molar-refractivity contribution in [2.75, 3.05) is 32.6 Å². The average Bonchev–Trinajstić information content (AvgIpc) is 3.10. The fraction of sp³-hybridized carbons (Fsp3) is 0.350. The van der Waals surface area contributed by atoms with Crippen LogP contribution in [0.1, 0.15) is 27.6 Å². The van der Waals surface area contributed by atoms with Crippen LogP contribution in [0.2, 0.25) is 0 Å². The van der Waals surface area contributed by atoms with E-state index in [1.165, 1.54) is 9.42 Å². The van der Waals surface area contributed by atoms with Crippen LogP contribution in [0.3, 0.4) is 0 Å². The van der Waals surface area contributed by atoms with Gasteiger partial charge in [-0.05, 0) is 37.6 Å². The summed E-state index contributed by atoms with van der Waals surface area (Å²) in [7, 11) is 5.60. The van der Waals surface area contributed by atoms with Gasteiger partial charge in [-0.2, -0.15) is 4.98 Å². The number of esters is 1. The molecule has 0 fully saturated rings. The van der Waals surface area contributed by atoms with Crippen LogP contribution < -0.4 is 4.90 Å². The zero-order chi connectivity index (χ0) is 21.1. The van der Waals surface area contributed by atoms with E-state index in [0.717, 1.165) is 22.6 Å². The standard InChI is InChI=1S/C20H24N6O3/c1-13-10-14(2)26-20(21-13)22-18(23-26)19(28)29-12-17(27)25(5)11-15-6-8-16(9-7-15)24(3)4/h6-10H,11-12H2,1-5H3. The number of aromatic nitrogens is 4. The summed E-state index contributed by atoms with van der Waals surface area (Å²) in [5, 5.41) is 4.11. The van der Waals surface area contributed by atoms with Crippen LogP contribution in [0.15, 0.2) is 30.3 Å². The second kappa shape index (κ2) is 8.26. The molecule has 0 radical (unpaired) electrons. The lowest BCUT2D eigenvalue weighted by Crippen LogP contribution is -2.31. The average molecular weight is 396 g/mol. The smallest absolute Gasteiger partial charge is 0.378 e. The number of likely N-dealkylation sites (N-methyl/N-ethyl adjacent to an activating group) is 1. The van der Waals surface area contributed by atoms with E-state index >= 15 is 0 Å². The molecule has 3 rings (SSSR count). The van der Waals surface area contributed by atoms with Crippen molar-refractivity contribution in [3.8, 4) is 0 Å². The van der Waals surface area contributed by atoms with Crippen molar-refractivity contribution >= 4 is 23.3 Å². The number of hydrogen-bond acceptors (Lipinski definition) is 7. The molecule has 0 saturated heterocycles. The Balaban J connectivity index is 1.58. The topological polar surface area (TPSA) is 92.9 Å². The van der Waals surface area contributed by atoms with E-state index < -0.39 is 5.97 Å². The highest BCUT2D eigenvalue weighted by molar-refractivity contribution is 5.88. The van der Waals surface area contributed by atoms with Gasteiger partial charge in [-0.15, -0.1) is 5.10 Å². The number of carbonyl (C=O) groups is 2. The minimum atomic E-state index is -0.760. The summed E-state index contributed by atoms with van der Waals surface area (Å²) < 4.78 is 6.56. The van der Waals surface area contributed by atoms with Crippen LogP contribution in [0.25, 0.3) is 5.78 Å². The number of nitrogens with zero attached hydrogens (tertiary/aromatic N) is 6. The van der Waals surface area contributed by atoms with Crippen molar-refractivity contribution in [1.29, 1.82) is 0 Å². The Kier molecular flexibility index (Phi) is 5.76. The molecule has 0 saturated carbocycles. The van der Waals surface area contributed by atoms with Gasteiger partial charge in [0.1, 0.15) is 0 Å². The predicted octanol–water partition coefficient (Wildman–Crippen LogP) is 1.62. The SMILES string of the molecule is Cc1cc(C)n2nc(C(=O)OCC(=O)N(C)Cc3ccc(N(C)C)cc3)nc2n1. The zero-order valence-electron chi connectivity index (χ0n) is 17.2. The fourth-order valence-electron chi connectivity index (χ4n) is 2.82. The Labute approximate surface area is 168 Å². The molecule has 1 aromatic carbocycles. The molecule has 0 spiro atoms. The maximum atomic E-state index is 12.3. The Morgan fingerprint density at radius 1 is 1.07 bits per heavy atom. The zero-order valence-corrected chi connectivity index (χ0v) is 17.2. The van der Waals surface area contributed by atoms with Gasteiger partial charge in [0.05, 0.1) is 0 Å². The summed E-state index contributed by atoms with van der Waals surface area (Å²) in [6.45, 7) is 3.71. The van der Waals surface area contributed by atoms with Crippen LogP contribution in [-0.4, -0.2) is 64.1 Å². The van der Waals surface area contributed by atoms with Gasteiger partial charge in [0.25, 0.3) is 17.5 Å². The molecular weight excluding hydrogens is 372 g/mol. The summed E-state index contributed by atoms with van der Waals surface area (Å²) in [4.78, 5) is 36.4. The molecule has 2 aromatic heterocycles. The molecule has 3 aromatic rings. The molecule has 9 nitrogen and oxygen atoms in total. The molecule has 0 aliphatic heterocycles. The van der Waals surface area contributed by atoms with Gasteiger partial charge < -0.3 is 14.5 Å². The maximum absolute atomic E-state index is 12.3. The van der Waals surface area contributed by atoms with Gasteiger partial charge in [-0.25, -0.2) is 14.3 Å². The van der Waals surface area contributed by atoms with Gasteiger partial charge in [-0.1, -0.05) is 12.1 Å². The van der Waals surface area contributed by atoms with Crippen LogP contribution in [0.4, 0.5) is 5.69 Å². The molecule has 9 heteroatoms. The lowest BCUT2D eigenvalue weighted by molar-refractivity contribution is -0.133. The van der Waals surface area contributed by atoms with E-state index in [9.17, 15) is 9.59 Å². The molecule has 0 atom stereocenters. The number of hydrogen-bond donors (Lipinski definition) is 0. The highest BCUT2D eigenvalue weighted by Crippen LogP contribution is 2.13. The van der Waals surface area contributed by atoms with Crippen molar-refractivity contribution < 1.29 is 14.3 Å². The molecule has 152 valence electrons. The molecule has 0 aliphatic rings. The van der Waals surface area contributed by atoms with Gasteiger partial charge in [-0.3, -0.25) is 4.79 Å². The van der Waals surface area contributed by atoms with Crippen LogP contribution in [-0.2, 0) is 16.1 Å². The largest absolute Gasteiger partial charge is 0.450 e. The van der Waals surface area contributed by atoms with Gasteiger partial charge in [0, 0.05) is 44.8 Å². The normalized spacial score (nSPS) is 10.8. The second-order valence-electron chi connectivity index (χ2n) is 7.07. The molecule has 1 amide bonds. The molecule has 0 N–H and O–H groups in total. The van der Waals surface area contributed by atoms with Crippen molar-refractivity contribution in [3.63, 3.8) is 0 Å². The first-order valence-electron chi connectivity index (χ1n) is 9.13. The van der Waals surface area contributed by atoms with Crippen molar-refractivity contribution in [2.45, 2.75) is 20.4 Å². The highest BCUT2D eigenvalue weighted by atomic mass is 16.5. The highest BCUT2D eigenvalue weighted by Gasteiger charge is 2.19. The van der Waals surface area contributed by atoms with Crippen molar-refractivity contribution in [3.05, 3.63) is 53.1 Å². The minimum Gasteiger partial charge on any atom is -0.450 e. The number of rotatable bonds is 6. The molecule has 29 heavy (non-hydrogen) atoms. The lowest BCUT2D eigenvalue weighted by Gasteiger charge is -2.18. The number of ether oxygens (including phenoxy) is 1. The Bertz CT molecular complexity index is 1040. The molecule has 2 heterocycles. The molecule has 0 unspecified atom stereocenters. The minimum absolute atomic E-state index is 0.124. The third kappa shape index (κ3) is 4.68. The number of fused-ring (bicyclic) bond motifs is 1. The van der Waals surface area contributed by atoms with E-state index in [4.69, 9.17) is 4.74 Å². The first-order chi connectivity index (χ1) is 13.7. The number of anilines is 1. The summed E-state index contributed by atoms with van der Waals surface area (Å²) in [5.74, 6) is -0.881. The Hall–Kier alpha value is -3.49. The summed E-state index contributed by atoms with van der Waals surface area (Å²) in [6, 6.07) is 9.73. The van der Waals surface area contributed by atoms with Crippen molar-refractivity contribution in [2.24, 2.45) is 0 Å². The molecule has 0 aliphatic carbocycles. The number of benzene rings is 1. The van der Waals surface area contributed by atoms with E-state index in [1.54, 1.807) is 7.05 Å². The third-order valence-electron chi connectivity index (χ3n) is 4.43. The van der Waals surface area contributed by atoms with Crippen LogP contribution >= 0.6 is 0 Å². The number of amides is 1. The monoisotopic (exact) mass is 396 g/mol. The van der Waals surface area contributed by atoms with E-state index in [2.05, 4.69) is 15.1 Å². The summed E-state index contributed by atoms with van der Waals surface area (Å²) in [6.07, 6.45) is 0. The summed E-state index contributed by atoms with van der Waals surface area (Å²) in [5.41, 5.74) is 3.64. The first kappa shape index (κ1) is 20.2. The first-order valence-corrected chi connectivity index (χ1v) is 9.13. The second-order valence-corrected chi connectivity index (χ2v) is 7.07. The quantitative estimate of drug-likeness (QED) is 0.585.